The molecule has 0 fully saturated rings. The van der Waals surface area contributed by atoms with Crippen molar-refractivity contribution in [2.75, 3.05) is 21.1 Å². The van der Waals surface area contributed by atoms with E-state index in [0.717, 1.165) is 14.4 Å². The molecule has 2 aromatic rings. The molecule has 0 saturated heterocycles. The fraction of sp³-hybridized carbons (Fsp3) is 0.400. The first-order valence-electron chi connectivity index (χ1n) is 7.21. The van der Waals surface area contributed by atoms with Gasteiger partial charge >= 0.3 is 6.55 Å². The Bertz CT molecular complexity index is 790. The predicted molar refractivity (Wildman–Crippen MR) is 86.0 cm³/mol. The molecule has 0 aliphatic heterocycles. The summed E-state index contributed by atoms with van der Waals surface area (Å²) in [5.41, 5.74) is 0.774. The van der Waals surface area contributed by atoms with Crippen LogP contribution in [0.5, 0.6) is 0 Å². The molecular formula is C15H20F2N4O2S. The van der Waals surface area contributed by atoms with Gasteiger partial charge in [-0.3, -0.25) is 9.47 Å². The van der Waals surface area contributed by atoms with Crippen molar-refractivity contribution < 1.29 is 17.2 Å². The summed E-state index contributed by atoms with van der Waals surface area (Å²) in [7, 11) is 1.20. The smallest absolute Gasteiger partial charge is 0.295 e. The summed E-state index contributed by atoms with van der Waals surface area (Å²) < 4.78 is 51.9. The number of halogens is 2. The van der Waals surface area contributed by atoms with Crippen LogP contribution in [0.1, 0.15) is 17.9 Å². The van der Waals surface area contributed by atoms with Crippen molar-refractivity contribution in [2.45, 2.75) is 24.5 Å². The second kappa shape index (κ2) is 7.37. The number of aromatic nitrogens is 2. The number of rotatable bonds is 7. The first kappa shape index (κ1) is 18.5. The molecule has 0 bridgehead atoms. The Labute approximate surface area is 140 Å². The van der Waals surface area contributed by atoms with Gasteiger partial charge in [-0.05, 0) is 24.7 Å². The van der Waals surface area contributed by atoms with Crippen LogP contribution in [-0.4, -0.2) is 48.3 Å². The Hall–Kier alpha value is -1.84. The van der Waals surface area contributed by atoms with Crippen molar-refractivity contribution in [1.82, 2.24) is 18.8 Å². The van der Waals surface area contributed by atoms with Crippen LogP contribution in [0.3, 0.4) is 0 Å². The number of benzene rings is 1. The van der Waals surface area contributed by atoms with E-state index in [2.05, 4.69) is 4.98 Å². The summed E-state index contributed by atoms with van der Waals surface area (Å²) in [5.74, 6) is 0.254. The zero-order chi connectivity index (χ0) is 17.9. The van der Waals surface area contributed by atoms with Gasteiger partial charge in [-0.15, -0.1) is 0 Å². The summed E-state index contributed by atoms with van der Waals surface area (Å²) >= 11 is 0. The minimum absolute atomic E-state index is 0.201. The zero-order valence-corrected chi connectivity index (χ0v) is 14.5. The second-order valence-corrected chi connectivity index (χ2v) is 7.79. The van der Waals surface area contributed by atoms with Gasteiger partial charge in [-0.25, -0.2) is 17.7 Å². The van der Waals surface area contributed by atoms with Crippen LogP contribution in [0, 0.1) is 0 Å². The first-order chi connectivity index (χ1) is 11.2. The van der Waals surface area contributed by atoms with E-state index in [9.17, 15) is 17.2 Å². The number of sulfonamides is 1. The highest BCUT2D eigenvalue weighted by Crippen LogP contribution is 2.17. The lowest BCUT2D eigenvalue weighted by atomic mass is 10.2. The molecule has 0 N–H and O–H groups in total. The van der Waals surface area contributed by atoms with Gasteiger partial charge in [0.15, 0.2) is 0 Å². The maximum Gasteiger partial charge on any atom is 0.319 e. The number of alkyl halides is 2. The normalized spacial score (nSPS) is 12.5. The van der Waals surface area contributed by atoms with E-state index in [-0.39, 0.29) is 17.3 Å². The van der Waals surface area contributed by atoms with E-state index in [1.807, 2.05) is 0 Å². The number of hydrogen-bond acceptors (Lipinski definition) is 4. The lowest BCUT2D eigenvalue weighted by molar-refractivity contribution is 0.0644. The third-order valence-corrected chi connectivity index (χ3v) is 5.31. The highest BCUT2D eigenvalue weighted by Gasteiger charge is 2.18. The topological polar surface area (TPSA) is 58.4 Å². The van der Waals surface area contributed by atoms with Crippen LogP contribution in [0.25, 0.3) is 0 Å². The summed E-state index contributed by atoms with van der Waals surface area (Å²) in [6.07, 6.45) is 2.57. The molecule has 0 amide bonds. The number of imidazole rings is 1. The molecular weight excluding hydrogens is 338 g/mol. The average molecular weight is 358 g/mol. The highest BCUT2D eigenvalue weighted by molar-refractivity contribution is 7.89. The minimum Gasteiger partial charge on any atom is -0.295 e. The molecule has 0 unspecified atom stereocenters. The highest BCUT2D eigenvalue weighted by atomic mass is 32.2. The van der Waals surface area contributed by atoms with Crippen LogP contribution in [0.2, 0.25) is 0 Å². The lowest BCUT2D eigenvalue weighted by Crippen LogP contribution is -2.23. The maximum atomic E-state index is 12.8. The van der Waals surface area contributed by atoms with Gasteiger partial charge in [0.1, 0.15) is 5.82 Å². The summed E-state index contributed by atoms with van der Waals surface area (Å²) in [6, 6.07) is 6.58. The van der Waals surface area contributed by atoms with Gasteiger partial charge in [-0.1, -0.05) is 12.1 Å². The van der Waals surface area contributed by atoms with E-state index in [1.54, 1.807) is 30.1 Å². The van der Waals surface area contributed by atoms with Crippen LogP contribution >= 0.6 is 0 Å². The van der Waals surface area contributed by atoms with Gasteiger partial charge in [0.05, 0.1) is 11.4 Å². The molecule has 0 aliphatic carbocycles. The molecule has 2 rings (SSSR count). The fourth-order valence-corrected chi connectivity index (χ4v) is 3.24. The van der Waals surface area contributed by atoms with Crippen molar-refractivity contribution in [3.05, 3.63) is 48.0 Å². The molecule has 9 heteroatoms. The molecule has 24 heavy (non-hydrogen) atoms. The van der Waals surface area contributed by atoms with Crippen molar-refractivity contribution in [1.29, 1.82) is 0 Å². The average Bonchev–Trinajstić information content (AvgIpc) is 2.95. The Kier molecular flexibility index (Phi) is 5.68. The molecule has 1 aromatic carbocycles. The van der Waals surface area contributed by atoms with E-state index in [1.165, 1.54) is 32.6 Å². The Morgan fingerprint density at radius 1 is 1.21 bits per heavy atom. The molecule has 6 nitrogen and oxygen atoms in total. The van der Waals surface area contributed by atoms with Crippen molar-refractivity contribution in [3.63, 3.8) is 0 Å². The summed E-state index contributed by atoms with van der Waals surface area (Å²) in [4.78, 5) is 5.93. The van der Waals surface area contributed by atoms with Crippen LogP contribution < -0.4 is 0 Å². The third kappa shape index (κ3) is 4.16. The van der Waals surface area contributed by atoms with Crippen molar-refractivity contribution in [3.8, 4) is 0 Å². The van der Waals surface area contributed by atoms with E-state index >= 15 is 0 Å². The SMILES string of the molecule is CN(Cc1cccc(S(=O)(=O)N(C)C)c1)Cc1nccn1C(F)F. The summed E-state index contributed by atoms with van der Waals surface area (Å²) in [6.45, 7) is -2.00. The molecule has 0 atom stereocenters. The molecule has 1 heterocycles. The standard InChI is InChI=1S/C15H20F2N4O2S/c1-19(2)24(22,23)13-6-4-5-12(9-13)10-20(3)11-14-18-7-8-21(14)15(16)17/h4-9,15H,10-11H2,1-3H3. The van der Waals surface area contributed by atoms with E-state index < -0.39 is 16.6 Å². The van der Waals surface area contributed by atoms with E-state index in [4.69, 9.17) is 0 Å². The predicted octanol–water partition coefficient (Wildman–Crippen LogP) is 2.16. The molecule has 1 aromatic heterocycles. The van der Waals surface area contributed by atoms with Crippen molar-refractivity contribution in [2.24, 2.45) is 0 Å². The number of nitrogens with zero attached hydrogens (tertiary/aromatic N) is 4. The maximum absolute atomic E-state index is 12.8. The second-order valence-electron chi connectivity index (χ2n) is 5.64. The van der Waals surface area contributed by atoms with E-state index in [0.29, 0.717) is 6.54 Å². The molecule has 0 saturated carbocycles. The monoisotopic (exact) mass is 358 g/mol. The summed E-state index contributed by atoms with van der Waals surface area (Å²) in [5, 5.41) is 0. The van der Waals surface area contributed by atoms with Gasteiger partial charge in [0.2, 0.25) is 10.0 Å². The van der Waals surface area contributed by atoms with Crippen LogP contribution in [0.4, 0.5) is 8.78 Å². The van der Waals surface area contributed by atoms with Gasteiger partial charge in [0, 0.05) is 33.0 Å². The van der Waals surface area contributed by atoms with Gasteiger partial charge in [-0.2, -0.15) is 8.78 Å². The third-order valence-electron chi connectivity index (χ3n) is 3.50. The van der Waals surface area contributed by atoms with Crippen LogP contribution in [-0.2, 0) is 23.1 Å². The lowest BCUT2D eigenvalue weighted by Gasteiger charge is -2.18. The first-order valence-corrected chi connectivity index (χ1v) is 8.65. The quantitative estimate of drug-likeness (QED) is 0.761. The number of hydrogen-bond donors (Lipinski definition) is 0. The van der Waals surface area contributed by atoms with Gasteiger partial charge in [0.25, 0.3) is 0 Å². The molecule has 0 aliphatic rings. The minimum atomic E-state index is -3.50. The Balaban J connectivity index is 2.12. The molecule has 0 radical (unpaired) electrons. The fourth-order valence-electron chi connectivity index (χ4n) is 2.27. The Morgan fingerprint density at radius 2 is 1.92 bits per heavy atom. The van der Waals surface area contributed by atoms with Crippen LogP contribution in [0.15, 0.2) is 41.6 Å². The zero-order valence-electron chi connectivity index (χ0n) is 13.7. The van der Waals surface area contributed by atoms with Crippen molar-refractivity contribution >= 4 is 10.0 Å². The molecule has 0 spiro atoms. The van der Waals surface area contributed by atoms with Gasteiger partial charge < -0.3 is 0 Å². The Morgan fingerprint density at radius 3 is 2.54 bits per heavy atom. The molecule has 132 valence electrons. The largest absolute Gasteiger partial charge is 0.319 e.